The average molecular weight is 277 g/mol. The van der Waals surface area contributed by atoms with Gasteiger partial charge < -0.3 is 5.11 Å². The zero-order valence-electron chi connectivity index (χ0n) is 7.14. The van der Waals surface area contributed by atoms with Crippen LogP contribution in [-0.2, 0) is 9.59 Å². The fourth-order valence-corrected chi connectivity index (χ4v) is 1.32. The Morgan fingerprint density at radius 1 is 1.43 bits per heavy atom. The number of carbonyl (C=O) groups is 2. The average Bonchev–Trinajstić information content (AvgIpc) is 2.01. The van der Waals surface area contributed by atoms with Crippen LogP contribution in [0.25, 0.3) is 0 Å². The number of halogens is 4. The maximum Gasteiger partial charge on any atom is 0.399 e. The number of carbonyl (C=O) groups excluding carboxylic acids is 1. The van der Waals surface area contributed by atoms with Gasteiger partial charge in [0.25, 0.3) is 0 Å². The van der Waals surface area contributed by atoms with Crippen LogP contribution >= 0.6 is 15.9 Å². The van der Waals surface area contributed by atoms with Gasteiger partial charge in [-0.3, -0.25) is 9.59 Å². The SMILES string of the molecule is CC(C(=O)O)C(C(=O)CBr)C(F)(F)F. The second kappa shape index (κ2) is 4.77. The van der Waals surface area contributed by atoms with E-state index in [0.717, 1.165) is 6.92 Å². The van der Waals surface area contributed by atoms with Gasteiger partial charge >= 0.3 is 12.1 Å². The van der Waals surface area contributed by atoms with Gasteiger partial charge in [-0.05, 0) is 0 Å². The predicted octanol–water partition coefficient (Wildman–Crippen LogP) is 1.85. The van der Waals surface area contributed by atoms with Crippen molar-refractivity contribution in [2.75, 3.05) is 5.33 Å². The van der Waals surface area contributed by atoms with Crippen LogP contribution in [0.1, 0.15) is 6.92 Å². The van der Waals surface area contributed by atoms with Crippen molar-refractivity contribution in [3.05, 3.63) is 0 Å². The lowest BCUT2D eigenvalue weighted by Gasteiger charge is -2.21. The summed E-state index contributed by atoms with van der Waals surface area (Å²) in [6, 6.07) is 0. The molecule has 0 saturated carbocycles. The molecule has 0 aliphatic rings. The smallest absolute Gasteiger partial charge is 0.399 e. The highest BCUT2D eigenvalue weighted by atomic mass is 79.9. The van der Waals surface area contributed by atoms with Gasteiger partial charge in [-0.1, -0.05) is 22.9 Å². The minimum Gasteiger partial charge on any atom is -0.481 e. The second-order valence-corrected chi connectivity index (χ2v) is 3.31. The third-order valence-corrected chi connectivity index (χ3v) is 2.27. The third-order valence-electron chi connectivity index (χ3n) is 1.72. The lowest BCUT2D eigenvalue weighted by molar-refractivity contribution is -0.195. The number of rotatable bonds is 4. The van der Waals surface area contributed by atoms with Crippen molar-refractivity contribution in [2.45, 2.75) is 13.1 Å². The molecule has 0 spiro atoms. The van der Waals surface area contributed by atoms with Crippen LogP contribution in [0.2, 0.25) is 0 Å². The molecule has 0 aliphatic heterocycles. The summed E-state index contributed by atoms with van der Waals surface area (Å²) < 4.78 is 36.8. The molecule has 2 unspecified atom stereocenters. The molecule has 0 aromatic carbocycles. The summed E-state index contributed by atoms with van der Waals surface area (Å²) in [7, 11) is 0. The molecule has 2 atom stereocenters. The second-order valence-electron chi connectivity index (χ2n) is 2.75. The lowest BCUT2D eigenvalue weighted by atomic mass is 9.90. The van der Waals surface area contributed by atoms with E-state index in [1.54, 1.807) is 0 Å². The van der Waals surface area contributed by atoms with E-state index in [-0.39, 0.29) is 0 Å². The van der Waals surface area contributed by atoms with Gasteiger partial charge in [0.1, 0.15) is 5.92 Å². The number of Topliss-reactive ketones (excluding diaryl/α,β-unsaturated/α-hetero) is 1. The Labute approximate surface area is 86.4 Å². The van der Waals surface area contributed by atoms with Gasteiger partial charge in [-0.25, -0.2) is 0 Å². The van der Waals surface area contributed by atoms with E-state index in [1.807, 2.05) is 0 Å². The van der Waals surface area contributed by atoms with E-state index in [0.29, 0.717) is 0 Å². The summed E-state index contributed by atoms with van der Waals surface area (Å²) in [5.74, 6) is -7.02. The number of ketones is 1. The summed E-state index contributed by atoms with van der Waals surface area (Å²) in [5, 5.41) is 7.89. The van der Waals surface area contributed by atoms with Crippen LogP contribution in [0.5, 0.6) is 0 Å². The van der Waals surface area contributed by atoms with E-state index in [2.05, 4.69) is 15.9 Å². The standard InChI is InChI=1S/C7H8BrF3O3/c1-3(6(13)14)5(4(12)2-8)7(9,10)11/h3,5H,2H2,1H3,(H,13,14). The largest absolute Gasteiger partial charge is 0.481 e. The molecule has 0 amide bonds. The van der Waals surface area contributed by atoms with Gasteiger partial charge in [0.05, 0.1) is 11.2 Å². The molecule has 0 aromatic heterocycles. The molecule has 0 saturated heterocycles. The van der Waals surface area contributed by atoms with Crippen LogP contribution < -0.4 is 0 Å². The molecule has 0 rings (SSSR count). The van der Waals surface area contributed by atoms with Gasteiger partial charge in [-0.15, -0.1) is 0 Å². The van der Waals surface area contributed by atoms with Gasteiger partial charge in [0, 0.05) is 0 Å². The first-order valence-corrected chi connectivity index (χ1v) is 4.72. The highest BCUT2D eigenvalue weighted by Crippen LogP contribution is 2.33. The predicted molar refractivity (Wildman–Crippen MR) is 45.1 cm³/mol. The van der Waals surface area contributed by atoms with Crippen molar-refractivity contribution in [1.82, 2.24) is 0 Å². The molecular formula is C7H8BrF3O3. The summed E-state index contributed by atoms with van der Waals surface area (Å²) in [4.78, 5) is 21.2. The van der Waals surface area contributed by atoms with Crippen molar-refractivity contribution < 1.29 is 27.9 Å². The monoisotopic (exact) mass is 276 g/mol. The molecule has 0 heterocycles. The summed E-state index contributed by atoms with van der Waals surface area (Å²) >= 11 is 2.58. The lowest BCUT2D eigenvalue weighted by Crippen LogP contribution is -2.39. The fourth-order valence-electron chi connectivity index (χ4n) is 0.971. The molecule has 1 N–H and O–H groups in total. The van der Waals surface area contributed by atoms with Crippen LogP contribution in [0.3, 0.4) is 0 Å². The Bertz CT molecular complexity index is 239. The summed E-state index contributed by atoms with van der Waals surface area (Å²) in [6.07, 6.45) is -4.82. The minimum atomic E-state index is -4.82. The normalized spacial score (nSPS) is 16.1. The molecule has 0 aliphatic carbocycles. The Kier molecular flexibility index (Phi) is 4.57. The molecule has 0 radical (unpaired) electrons. The van der Waals surface area contributed by atoms with Gasteiger partial charge in [0.2, 0.25) is 0 Å². The van der Waals surface area contributed by atoms with E-state index in [1.165, 1.54) is 0 Å². The van der Waals surface area contributed by atoms with Crippen LogP contribution in [0, 0.1) is 11.8 Å². The summed E-state index contributed by atoms with van der Waals surface area (Å²) in [6.45, 7) is 0.862. The first-order valence-electron chi connectivity index (χ1n) is 3.60. The third kappa shape index (κ3) is 3.28. The highest BCUT2D eigenvalue weighted by Gasteiger charge is 2.49. The first-order chi connectivity index (χ1) is 6.21. The van der Waals surface area contributed by atoms with Crippen molar-refractivity contribution in [1.29, 1.82) is 0 Å². The van der Waals surface area contributed by atoms with Crippen LogP contribution in [0.4, 0.5) is 13.2 Å². The van der Waals surface area contributed by atoms with Gasteiger partial charge in [-0.2, -0.15) is 13.2 Å². The van der Waals surface area contributed by atoms with Crippen molar-refractivity contribution in [3.63, 3.8) is 0 Å². The van der Waals surface area contributed by atoms with Crippen molar-refractivity contribution in [2.24, 2.45) is 11.8 Å². The molecule has 0 bridgehead atoms. The quantitative estimate of drug-likeness (QED) is 0.798. The number of carboxylic acids is 1. The molecular weight excluding hydrogens is 269 g/mol. The number of alkyl halides is 4. The zero-order chi connectivity index (χ0) is 11.5. The molecule has 14 heavy (non-hydrogen) atoms. The fraction of sp³-hybridized carbons (Fsp3) is 0.714. The number of hydrogen-bond donors (Lipinski definition) is 1. The Morgan fingerprint density at radius 2 is 1.86 bits per heavy atom. The van der Waals surface area contributed by atoms with Crippen LogP contribution in [0.15, 0.2) is 0 Å². The molecule has 3 nitrogen and oxygen atoms in total. The Hall–Kier alpha value is -0.590. The Morgan fingerprint density at radius 3 is 2.07 bits per heavy atom. The molecule has 7 heteroatoms. The molecule has 0 fully saturated rings. The highest BCUT2D eigenvalue weighted by molar-refractivity contribution is 9.09. The van der Waals surface area contributed by atoms with E-state index >= 15 is 0 Å². The first kappa shape index (κ1) is 13.4. The maximum absolute atomic E-state index is 12.3. The maximum atomic E-state index is 12.3. The number of carboxylic acid groups (broad SMARTS) is 1. The Balaban J connectivity index is 4.92. The van der Waals surface area contributed by atoms with Crippen molar-refractivity contribution in [3.8, 4) is 0 Å². The molecule has 82 valence electrons. The van der Waals surface area contributed by atoms with Crippen molar-refractivity contribution >= 4 is 27.7 Å². The van der Waals surface area contributed by atoms with E-state index in [9.17, 15) is 22.8 Å². The van der Waals surface area contributed by atoms with E-state index < -0.39 is 35.1 Å². The topological polar surface area (TPSA) is 54.4 Å². The van der Waals surface area contributed by atoms with Crippen LogP contribution in [-0.4, -0.2) is 28.4 Å². The number of aliphatic carboxylic acids is 1. The summed E-state index contributed by atoms with van der Waals surface area (Å²) in [5.41, 5.74) is 0. The molecule has 0 aromatic rings. The minimum absolute atomic E-state index is 0.505. The van der Waals surface area contributed by atoms with Gasteiger partial charge in [0.15, 0.2) is 5.78 Å². The number of hydrogen-bond acceptors (Lipinski definition) is 2. The zero-order valence-corrected chi connectivity index (χ0v) is 8.72. The van der Waals surface area contributed by atoms with E-state index in [4.69, 9.17) is 5.11 Å².